The molecule has 0 saturated heterocycles. The number of benzene rings is 2. The van der Waals surface area contributed by atoms with Crippen molar-refractivity contribution in [2.45, 2.75) is 11.7 Å². The van der Waals surface area contributed by atoms with Crippen LogP contribution in [0.2, 0.25) is 0 Å². The SMILES string of the molecule is CN(Cc1cc(=O)[nH]c2ccccc12)C(=O)CSc1nnnn1-c1ccccc1F. The van der Waals surface area contributed by atoms with Crippen molar-refractivity contribution in [3.05, 3.63) is 76.3 Å². The molecule has 0 unspecified atom stereocenters. The highest BCUT2D eigenvalue weighted by molar-refractivity contribution is 7.99. The Morgan fingerprint density at radius 1 is 1.20 bits per heavy atom. The lowest BCUT2D eigenvalue weighted by atomic mass is 10.1. The first-order valence-electron chi connectivity index (χ1n) is 9.04. The number of thioether (sulfide) groups is 1. The number of hydrogen-bond donors (Lipinski definition) is 1. The van der Waals surface area contributed by atoms with Crippen LogP contribution in [0.5, 0.6) is 0 Å². The number of pyridine rings is 1. The molecule has 0 radical (unpaired) electrons. The van der Waals surface area contributed by atoms with E-state index in [2.05, 4.69) is 20.5 Å². The van der Waals surface area contributed by atoms with Crippen LogP contribution in [0.1, 0.15) is 5.56 Å². The largest absolute Gasteiger partial charge is 0.341 e. The van der Waals surface area contributed by atoms with Crippen molar-refractivity contribution >= 4 is 28.6 Å². The van der Waals surface area contributed by atoms with E-state index in [0.717, 1.165) is 28.2 Å². The molecule has 10 heteroatoms. The zero-order valence-electron chi connectivity index (χ0n) is 15.9. The molecule has 0 bridgehead atoms. The van der Waals surface area contributed by atoms with Crippen molar-refractivity contribution in [2.24, 2.45) is 0 Å². The number of amides is 1. The molecule has 2 aromatic carbocycles. The monoisotopic (exact) mass is 424 g/mol. The van der Waals surface area contributed by atoms with Crippen LogP contribution in [0.4, 0.5) is 4.39 Å². The second kappa shape index (κ2) is 8.46. The number of nitrogens with one attached hydrogen (secondary N) is 1. The molecule has 4 aromatic rings. The number of fused-ring (bicyclic) bond motifs is 1. The van der Waals surface area contributed by atoms with Gasteiger partial charge in [0.15, 0.2) is 0 Å². The van der Waals surface area contributed by atoms with Crippen molar-refractivity contribution in [3.63, 3.8) is 0 Å². The molecule has 30 heavy (non-hydrogen) atoms. The Morgan fingerprint density at radius 3 is 2.80 bits per heavy atom. The zero-order valence-corrected chi connectivity index (χ0v) is 16.8. The average molecular weight is 424 g/mol. The van der Waals surface area contributed by atoms with Crippen LogP contribution in [0.15, 0.2) is 64.5 Å². The first-order chi connectivity index (χ1) is 14.5. The molecule has 152 valence electrons. The molecule has 8 nitrogen and oxygen atoms in total. The molecule has 4 rings (SSSR count). The molecule has 0 aliphatic carbocycles. The fraction of sp³-hybridized carbons (Fsp3) is 0.150. The summed E-state index contributed by atoms with van der Waals surface area (Å²) in [5.74, 6) is -0.573. The molecule has 1 amide bonds. The van der Waals surface area contributed by atoms with E-state index in [0.29, 0.717) is 5.16 Å². The maximum atomic E-state index is 14.0. The van der Waals surface area contributed by atoms with Crippen molar-refractivity contribution < 1.29 is 9.18 Å². The number of carbonyl (C=O) groups is 1. The third-order valence-electron chi connectivity index (χ3n) is 4.52. The fourth-order valence-electron chi connectivity index (χ4n) is 3.03. The number of rotatable bonds is 6. The molecule has 2 aromatic heterocycles. The summed E-state index contributed by atoms with van der Waals surface area (Å²) in [6, 6.07) is 15.1. The molecule has 0 atom stereocenters. The standard InChI is InChI=1S/C20H17FN6O2S/c1-26(11-13-10-18(28)22-16-8-4-2-6-14(13)16)19(29)12-30-20-23-24-25-27(20)17-9-5-3-7-15(17)21/h2-10H,11-12H2,1H3,(H,22,28). The number of hydrogen-bond acceptors (Lipinski definition) is 6. The summed E-state index contributed by atoms with van der Waals surface area (Å²) in [6.45, 7) is 0.280. The van der Waals surface area contributed by atoms with Crippen LogP contribution in [0.25, 0.3) is 16.6 Å². The quantitative estimate of drug-likeness (QED) is 0.478. The van der Waals surface area contributed by atoms with Gasteiger partial charge in [0.25, 0.3) is 0 Å². The van der Waals surface area contributed by atoms with Crippen LogP contribution >= 0.6 is 11.8 Å². The predicted octanol–water partition coefficient (Wildman–Crippen LogP) is 2.39. The van der Waals surface area contributed by atoms with E-state index >= 15 is 0 Å². The third kappa shape index (κ3) is 4.08. The van der Waals surface area contributed by atoms with Gasteiger partial charge in [-0.05, 0) is 34.2 Å². The maximum absolute atomic E-state index is 14.0. The normalized spacial score (nSPS) is 11.0. The fourth-order valence-corrected chi connectivity index (χ4v) is 3.86. The minimum atomic E-state index is -0.462. The van der Waals surface area contributed by atoms with Crippen molar-refractivity contribution in [1.29, 1.82) is 0 Å². The van der Waals surface area contributed by atoms with Gasteiger partial charge in [0.05, 0.1) is 5.75 Å². The molecule has 0 saturated carbocycles. The van der Waals surface area contributed by atoms with Crippen molar-refractivity contribution in [1.82, 2.24) is 30.1 Å². The lowest BCUT2D eigenvalue weighted by Gasteiger charge is -2.18. The smallest absolute Gasteiger partial charge is 0.248 e. The van der Waals surface area contributed by atoms with Gasteiger partial charge in [-0.1, -0.05) is 42.1 Å². The Morgan fingerprint density at radius 2 is 1.97 bits per heavy atom. The number of carbonyl (C=O) groups excluding carboxylic acids is 1. The summed E-state index contributed by atoms with van der Waals surface area (Å²) >= 11 is 1.11. The van der Waals surface area contributed by atoms with Gasteiger partial charge < -0.3 is 9.88 Å². The number of aromatic nitrogens is 5. The highest BCUT2D eigenvalue weighted by Gasteiger charge is 2.17. The predicted molar refractivity (Wildman–Crippen MR) is 111 cm³/mol. The molecular weight excluding hydrogens is 407 g/mol. The lowest BCUT2D eigenvalue weighted by molar-refractivity contribution is -0.127. The second-order valence-corrected chi connectivity index (χ2v) is 7.51. The van der Waals surface area contributed by atoms with E-state index < -0.39 is 5.82 Å². The zero-order chi connectivity index (χ0) is 21.1. The summed E-state index contributed by atoms with van der Waals surface area (Å²) < 4.78 is 15.3. The first-order valence-corrected chi connectivity index (χ1v) is 10.0. The average Bonchev–Trinajstić information content (AvgIpc) is 3.20. The number of para-hydroxylation sites is 2. The van der Waals surface area contributed by atoms with Crippen molar-refractivity contribution in [3.8, 4) is 5.69 Å². The molecule has 2 heterocycles. The van der Waals surface area contributed by atoms with E-state index in [1.54, 1.807) is 25.2 Å². The van der Waals surface area contributed by atoms with Gasteiger partial charge in [0.1, 0.15) is 11.5 Å². The molecular formula is C20H17FN6O2S. The highest BCUT2D eigenvalue weighted by atomic mass is 32.2. The van der Waals surface area contributed by atoms with Crippen LogP contribution < -0.4 is 5.56 Å². The number of H-pyrrole nitrogens is 1. The molecule has 0 aliphatic heterocycles. The summed E-state index contributed by atoms with van der Waals surface area (Å²) in [5.41, 5.74) is 1.47. The van der Waals surface area contributed by atoms with Crippen LogP contribution in [0, 0.1) is 5.82 Å². The Balaban J connectivity index is 1.47. The van der Waals surface area contributed by atoms with Gasteiger partial charge >= 0.3 is 0 Å². The number of halogens is 1. The van der Waals surface area contributed by atoms with Gasteiger partial charge in [-0.2, -0.15) is 4.68 Å². The summed E-state index contributed by atoms with van der Waals surface area (Å²) in [6.07, 6.45) is 0. The second-order valence-electron chi connectivity index (χ2n) is 6.57. The molecule has 0 aliphatic rings. The minimum absolute atomic E-state index is 0.0620. The Bertz CT molecular complexity index is 1270. The van der Waals surface area contributed by atoms with E-state index in [-0.39, 0.29) is 29.5 Å². The van der Waals surface area contributed by atoms with Gasteiger partial charge in [-0.15, -0.1) is 5.10 Å². The van der Waals surface area contributed by atoms with E-state index in [9.17, 15) is 14.0 Å². The van der Waals surface area contributed by atoms with Gasteiger partial charge in [0.2, 0.25) is 16.6 Å². The minimum Gasteiger partial charge on any atom is -0.341 e. The van der Waals surface area contributed by atoms with Gasteiger partial charge in [-0.3, -0.25) is 9.59 Å². The van der Waals surface area contributed by atoms with Crippen LogP contribution in [-0.4, -0.2) is 48.8 Å². The number of tetrazole rings is 1. The molecule has 0 spiro atoms. The summed E-state index contributed by atoms with van der Waals surface area (Å²) in [4.78, 5) is 28.9. The lowest BCUT2D eigenvalue weighted by Crippen LogP contribution is -2.28. The number of nitrogens with zero attached hydrogens (tertiary/aromatic N) is 5. The molecule has 1 N–H and O–H groups in total. The first kappa shape index (κ1) is 19.8. The maximum Gasteiger partial charge on any atom is 0.248 e. The molecule has 0 fully saturated rings. The van der Waals surface area contributed by atoms with E-state index in [4.69, 9.17) is 0 Å². The van der Waals surface area contributed by atoms with Crippen LogP contribution in [0.3, 0.4) is 0 Å². The van der Waals surface area contributed by atoms with Crippen LogP contribution in [-0.2, 0) is 11.3 Å². The summed E-state index contributed by atoms with van der Waals surface area (Å²) in [7, 11) is 1.67. The van der Waals surface area contributed by atoms with E-state index in [1.807, 2.05) is 24.3 Å². The highest BCUT2D eigenvalue weighted by Crippen LogP contribution is 2.21. The Labute approximate surface area is 174 Å². The topological polar surface area (TPSA) is 96.8 Å². The summed E-state index contributed by atoms with van der Waals surface area (Å²) in [5, 5.41) is 12.5. The Kier molecular flexibility index (Phi) is 5.57. The van der Waals surface area contributed by atoms with Gasteiger partial charge in [0, 0.05) is 30.6 Å². The number of aromatic amines is 1. The van der Waals surface area contributed by atoms with E-state index in [1.165, 1.54) is 21.7 Å². The third-order valence-corrected chi connectivity index (χ3v) is 5.42. The van der Waals surface area contributed by atoms with Crippen molar-refractivity contribution in [2.75, 3.05) is 12.8 Å². The van der Waals surface area contributed by atoms with Gasteiger partial charge in [-0.25, -0.2) is 4.39 Å². The Hall–Kier alpha value is -3.53.